The lowest BCUT2D eigenvalue weighted by molar-refractivity contribution is -0.167. The molecule has 0 aromatic rings. The van der Waals surface area contributed by atoms with Crippen LogP contribution in [0.4, 0.5) is 0 Å². The number of esters is 3. The molecule has 0 fully saturated rings. The highest BCUT2D eigenvalue weighted by Gasteiger charge is 2.19. The third kappa shape index (κ3) is 55.8. The van der Waals surface area contributed by atoms with Crippen molar-refractivity contribution in [2.75, 3.05) is 13.2 Å². The molecule has 0 heterocycles. The molecule has 0 rings (SSSR count). The average molecular weight is 978 g/mol. The molecule has 0 saturated heterocycles. The van der Waals surface area contributed by atoms with Gasteiger partial charge in [-0.2, -0.15) is 0 Å². The first-order chi connectivity index (χ1) is 34.5. The van der Waals surface area contributed by atoms with Crippen molar-refractivity contribution < 1.29 is 28.6 Å². The fraction of sp³-hybridized carbons (Fsp3) is 0.766. The Hall–Kier alpha value is -3.15. The van der Waals surface area contributed by atoms with E-state index in [9.17, 15) is 14.4 Å². The molecule has 1 unspecified atom stereocenters. The van der Waals surface area contributed by atoms with Gasteiger partial charge in [0.15, 0.2) is 6.10 Å². The molecule has 0 radical (unpaired) electrons. The molecule has 6 nitrogen and oxygen atoms in total. The molecule has 0 bridgehead atoms. The number of carbonyl (C=O) groups excluding carboxylic acids is 3. The van der Waals surface area contributed by atoms with E-state index in [1.165, 1.54) is 161 Å². The molecule has 0 spiro atoms. The zero-order valence-corrected chi connectivity index (χ0v) is 46.3. The van der Waals surface area contributed by atoms with Gasteiger partial charge < -0.3 is 14.2 Å². The molecule has 0 saturated carbocycles. The summed E-state index contributed by atoms with van der Waals surface area (Å²) in [5.74, 6) is -0.885. The highest BCUT2D eigenvalue weighted by molar-refractivity contribution is 5.71. The van der Waals surface area contributed by atoms with Gasteiger partial charge in [0.1, 0.15) is 13.2 Å². The quantitative estimate of drug-likeness (QED) is 0.0261. The van der Waals surface area contributed by atoms with Crippen LogP contribution in [0.15, 0.2) is 72.9 Å². The minimum Gasteiger partial charge on any atom is -0.462 e. The Kier molecular flexibility index (Phi) is 55.8. The number of unbranched alkanes of at least 4 members (excludes halogenated alkanes) is 31. The van der Waals surface area contributed by atoms with Crippen molar-refractivity contribution >= 4 is 17.9 Å². The van der Waals surface area contributed by atoms with Crippen molar-refractivity contribution in [3.05, 3.63) is 72.9 Å². The van der Waals surface area contributed by atoms with E-state index in [-0.39, 0.29) is 31.1 Å². The molecule has 70 heavy (non-hydrogen) atoms. The van der Waals surface area contributed by atoms with E-state index in [4.69, 9.17) is 14.2 Å². The Morgan fingerprint density at radius 1 is 0.300 bits per heavy atom. The van der Waals surface area contributed by atoms with E-state index >= 15 is 0 Å². The topological polar surface area (TPSA) is 78.9 Å². The predicted molar refractivity (Wildman–Crippen MR) is 302 cm³/mol. The van der Waals surface area contributed by atoms with Crippen LogP contribution in [-0.2, 0) is 28.6 Å². The van der Waals surface area contributed by atoms with Crippen LogP contribution in [0.1, 0.15) is 297 Å². The zero-order valence-electron chi connectivity index (χ0n) is 46.3. The van der Waals surface area contributed by atoms with E-state index in [0.717, 1.165) is 96.3 Å². The third-order valence-electron chi connectivity index (χ3n) is 12.9. The maximum Gasteiger partial charge on any atom is 0.306 e. The fourth-order valence-corrected chi connectivity index (χ4v) is 8.47. The van der Waals surface area contributed by atoms with Crippen LogP contribution in [0.25, 0.3) is 0 Å². The van der Waals surface area contributed by atoms with E-state index < -0.39 is 6.10 Å². The molecule has 0 amide bonds. The second kappa shape index (κ2) is 58.4. The van der Waals surface area contributed by atoms with Crippen LogP contribution in [0.3, 0.4) is 0 Å². The predicted octanol–water partition coefficient (Wildman–Crippen LogP) is 20.2. The molecular weight excluding hydrogens is 865 g/mol. The first-order valence-electron chi connectivity index (χ1n) is 29.9. The molecule has 0 aliphatic rings. The normalized spacial score (nSPS) is 12.6. The molecule has 1 atom stereocenters. The van der Waals surface area contributed by atoms with Gasteiger partial charge in [0, 0.05) is 19.3 Å². The molecule has 0 aromatic heterocycles. The SMILES string of the molecule is CC/C=C\C/C=C\C/C=C\C/C=C\C/C=C\CCCCCCCCCCCC(=O)OCC(COC(=O)CCCCCCCC)OC(=O)CCCCCCCCCCC/C=C\CCCCCCCCCC. The third-order valence-corrected chi connectivity index (χ3v) is 12.9. The Morgan fingerprint density at radius 3 is 0.886 bits per heavy atom. The Morgan fingerprint density at radius 2 is 0.557 bits per heavy atom. The lowest BCUT2D eigenvalue weighted by Crippen LogP contribution is -2.30. The molecule has 6 heteroatoms. The maximum atomic E-state index is 12.8. The van der Waals surface area contributed by atoms with Crippen molar-refractivity contribution in [1.29, 1.82) is 0 Å². The smallest absolute Gasteiger partial charge is 0.306 e. The lowest BCUT2D eigenvalue weighted by atomic mass is 10.1. The van der Waals surface area contributed by atoms with Crippen LogP contribution in [-0.4, -0.2) is 37.2 Å². The molecule has 0 aliphatic carbocycles. The van der Waals surface area contributed by atoms with Gasteiger partial charge in [-0.3, -0.25) is 14.4 Å². The number of hydrogen-bond donors (Lipinski definition) is 0. The first-order valence-corrected chi connectivity index (χ1v) is 29.9. The number of carbonyl (C=O) groups is 3. The molecule has 0 aromatic carbocycles. The van der Waals surface area contributed by atoms with Gasteiger partial charge >= 0.3 is 17.9 Å². The summed E-state index contributed by atoms with van der Waals surface area (Å²) in [6.07, 6.45) is 75.0. The van der Waals surface area contributed by atoms with Crippen LogP contribution in [0.5, 0.6) is 0 Å². The minimum atomic E-state index is -0.776. The number of ether oxygens (including phenoxy) is 3. The van der Waals surface area contributed by atoms with Crippen molar-refractivity contribution in [3.8, 4) is 0 Å². The lowest BCUT2D eigenvalue weighted by Gasteiger charge is -2.18. The van der Waals surface area contributed by atoms with Crippen molar-refractivity contribution in [1.82, 2.24) is 0 Å². The van der Waals surface area contributed by atoms with Crippen LogP contribution in [0, 0.1) is 0 Å². The Balaban J connectivity index is 4.13. The standard InChI is InChI=1S/C64H112O6/c1-4-7-10-13-16-18-20-22-24-26-28-30-31-32-33-35-36-38-40-42-44-46-48-51-54-57-63(66)69-60-61(59-68-62(65)56-53-50-15-12-9-6-3)70-64(67)58-55-52-49-47-45-43-41-39-37-34-29-27-25-23-21-19-17-14-11-8-5-2/h7,10,16,18,22,24,27-30,32-33,61H,4-6,8-9,11-15,17,19-21,23,25-26,31,34-60H2,1-3H3/b10-7-,18-16-,24-22-,29-27-,30-28-,33-32-. The molecule has 0 aliphatic heterocycles. The van der Waals surface area contributed by atoms with Crippen LogP contribution >= 0.6 is 0 Å². The van der Waals surface area contributed by atoms with Crippen molar-refractivity contribution in [2.24, 2.45) is 0 Å². The summed E-state index contributed by atoms with van der Waals surface area (Å²) >= 11 is 0. The van der Waals surface area contributed by atoms with Gasteiger partial charge in [0.05, 0.1) is 0 Å². The van der Waals surface area contributed by atoms with E-state index in [1.54, 1.807) is 0 Å². The summed E-state index contributed by atoms with van der Waals surface area (Å²) in [4.78, 5) is 37.9. The first kappa shape index (κ1) is 66.9. The second-order valence-corrected chi connectivity index (χ2v) is 19.9. The summed E-state index contributed by atoms with van der Waals surface area (Å²) in [6.45, 7) is 6.48. The monoisotopic (exact) mass is 977 g/mol. The summed E-state index contributed by atoms with van der Waals surface area (Å²) in [6, 6.07) is 0. The largest absolute Gasteiger partial charge is 0.462 e. The summed E-state index contributed by atoms with van der Waals surface area (Å²) in [5, 5.41) is 0. The van der Waals surface area contributed by atoms with Gasteiger partial charge in [0.25, 0.3) is 0 Å². The van der Waals surface area contributed by atoms with E-state index in [0.29, 0.717) is 19.3 Å². The zero-order chi connectivity index (χ0) is 50.7. The second-order valence-electron chi connectivity index (χ2n) is 19.9. The summed E-state index contributed by atoms with van der Waals surface area (Å²) in [5.41, 5.74) is 0. The molecule has 0 N–H and O–H groups in total. The van der Waals surface area contributed by atoms with Gasteiger partial charge in [0.2, 0.25) is 0 Å². The number of allylic oxidation sites excluding steroid dienone is 12. The highest BCUT2D eigenvalue weighted by atomic mass is 16.6. The van der Waals surface area contributed by atoms with Crippen LogP contribution < -0.4 is 0 Å². The van der Waals surface area contributed by atoms with Crippen LogP contribution in [0.2, 0.25) is 0 Å². The summed E-state index contributed by atoms with van der Waals surface area (Å²) in [7, 11) is 0. The van der Waals surface area contributed by atoms with Gasteiger partial charge in [-0.1, -0.05) is 261 Å². The minimum absolute atomic E-state index is 0.0767. The molecule has 404 valence electrons. The average Bonchev–Trinajstić information content (AvgIpc) is 3.36. The highest BCUT2D eigenvalue weighted by Crippen LogP contribution is 2.16. The van der Waals surface area contributed by atoms with Gasteiger partial charge in [-0.25, -0.2) is 0 Å². The van der Waals surface area contributed by atoms with E-state index in [2.05, 4.69) is 93.7 Å². The molecular formula is C64H112O6. The summed E-state index contributed by atoms with van der Waals surface area (Å²) < 4.78 is 16.8. The Labute approximate surface area is 433 Å². The van der Waals surface area contributed by atoms with Crippen molar-refractivity contribution in [2.45, 2.75) is 303 Å². The van der Waals surface area contributed by atoms with E-state index in [1.807, 2.05) is 0 Å². The van der Waals surface area contributed by atoms with Gasteiger partial charge in [-0.05, 0) is 89.9 Å². The van der Waals surface area contributed by atoms with Gasteiger partial charge in [-0.15, -0.1) is 0 Å². The fourth-order valence-electron chi connectivity index (χ4n) is 8.47. The number of rotatable bonds is 54. The maximum absolute atomic E-state index is 12.8. The van der Waals surface area contributed by atoms with Crippen molar-refractivity contribution in [3.63, 3.8) is 0 Å². The number of hydrogen-bond acceptors (Lipinski definition) is 6. The Bertz CT molecular complexity index is 1310.